The molecule has 0 unspecified atom stereocenters. The normalized spacial score (nSPS) is 58.9. The van der Waals surface area contributed by atoms with Gasteiger partial charge in [-0.1, -0.05) is 0 Å². The summed E-state index contributed by atoms with van der Waals surface area (Å²) in [4.78, 5) is 11.3. The van der Waals surface area contributed by atoms with Gasteiger partial charge in [0, 0.05) is 19.3 Å². The second-order valence-corrected chi connectivity index (χ2v) is 6.32. The van der Waals surface area contributed by atoms with Gasteiger partial charge in [-0.25, -0.2) is 0 Å². The highest BCUT2D eigenvalue weighted by molar-refractivity contribution is 5.76. The fourth-order valence-electron chi connectivity index (χ4n) is 4.70. The van der Waals surface area contributed by atoms with Crippen LogP contribution in [0.15, 0.2) is 0 Å². The Labute approximate surface area is 92.7 Å². The van der Waals surface area contributed by atoms with Crippen molar-refractivity contribution in [3.05, 3.63) is 0 Å². The molecule has 4 saturated carbocycles. The number of hydrogen-bond acceptors (Lipinski definition) is 4. The summed E-state index contributed by atoms with van der Waals surface area (Å²) in [6.45, 7) is 0. The van der Waals surface area contributed by atoms with Crippen molar-refractivity contribution in [3.8, 4) is 0 Å². The average Bonchev–Trinajstić information content (AvgIpc) is 1.92. The van der Waals surface area contributed by atoms with Gasteiger partial charge in [-0.2, -0.15) is 0 Å². The molecule has 90 valence electrons. The fraction of sp³-hybridized carbons (Fsp3) is 0.909. The van der Waals surface area contributed by atoms with Crippen LogP contribution >= 0.6 is 0 Å². The van der Waals surface area contributed by atoms with E-state index in [0.717, 1.165) is 0 Å². The van der Waals surface area contributed by atoms with Crippen molar-refractivity contribution >= 4 is 5.97 Å². The van der Waals surface area contributed by atoms with Gasteiger partial charge < -0.3 is 20.4 Å². The molecule has 0 aromatic rings. The van der Waals surface area contributed by atoms with E-state index in [1.165, 1.54) is 0 Å². The number of hydrogen-bond donors (Lipinski definition) is 4. The highest BCUT2D eigenvalue weighted by Crippen LogP contribution is 2.64. The largest absolute Gasteiger partial charge is 0.481 e. The lowest BCUT2D eigenvalue weighted by Gasteiger charge is -2.64. The molecule has 0 amide bonds. The number of aliphatic hydroxyl groups is 3. The van der Waals surface area contributed by atoms with Crippen LogP contribution in [0.4, 0.5) is 0 Å². The maximum atomic E-state index is 11.3. The molecule has 16 heavy (non-hydrogen) atoms. The summed E-state index contributed by atoms with van der Waals surface area (Å²) in [5, 5.41) is 40.1. The SMILES string of the molecule is O=C(O)C12CC3(O)CC(O)(CC(O)(C3)C1)C2. The van der Waals surface area contributed by atoms with Crippen molar-refractivity contribution in [2.75, 3.05) is 0 Å². The van der Waals surface area contributed by atoms with E-state index in [4.69, 9.17) is 0 Å². The van der Waals surface area contributed by atoms with Crippen LogP contribution in [0.5, 0.6) is 0 Å². The third kappa shape index (κ3) is 1.19. The lowest BCUT2D eigenvalue weighted by atomic mass is 9.45. The van der Waals surface area contributed by atoms with Crippen LogP contribution in [0.3, 0.4) is 0 Å². The van der Waals surface area contributed by atoms with E-state index in [0.29, 0.717) is 0 Å². The third-order valence-electron chi connectivity index (χ3n) is 4.43. The Balaban J connectivity index is 2.11. The first kappa shape index (κ1) is 10.5. The molecule has 0 atom stereocenters. The molecular formula is C11H16O5. The highest BCUT2D eigenvalue weighted by atomic mass is 16.4. The van der Waals surface area contributed by atoms with E-state index < -0.39 is 28.2 Å². The predicted molar refractivity (Wildman–Crippen MR) is 52.6 cm³/mol. The smallest absolute Gasteiger partial charge is 0.309 e. The zero-order valence-electron chi connectivity index (χ0n) is 8.94. The Morgan fingerprint density at radius 1 is 0.750 bits per heavy atom. The van der Waals surface area contributed by atoms with Crippen LogP contribution in [0.2, 0.25) is 0 Å². The van der Waals surface area contributed by atoms with Gasteiger partial charge in [-0.05, 0) is 19.3 Å². The van der Waals surface area contributed by atoms with Crippen LogP contribution in [0.1, 0.15) is 38.5 Å². The van der Waals surface area contributed by atoms with E-state index in [9.17, 15) is 25.2 Å². The third-order valence-corrected chi connectivity index (χ3v) is 4.43. The van der Waals surface area contributed by atoms with Gasteiger partial charge in [0.15, 0.2) is 0 Å². The lowest BCUT2D eigenvalue weighted by Crippen LogP contribution is -2.70. The average molecular weight is 228 g/mol. The molecule has 0 aromatic carbocycles. The fourth-order valence-corrected chi connectivity index (χ4v) is 4.70. The van der Waals surface area contributed by atoms with E-state index in [-0.39, 0.29) is 38.5 Å². The molecular weight excluding hydrogens is 212 g/mol. The summed E-state index contributed by atoms with van der Waals surface area (Å²) in [6, 6.07) is 0. The topological polar surface area (TPSA) is 98.0 Å². The van der Waals surface area contributed by atoms with Crippen molar-refractivity contribution in [2.24, 2.45) is 5.41 Å². The number of carbonyl (C=O) groups is 1. The van der Waals surface area contributed by atoms with Gasteiger partial charge in [-0.15, -0.1) is 0 Å². The van der Waals surface area contributed by atoms with E-state index in [2.05, 4.69) is 0 Å². The van der Waals surface area contributed by atoms with Crippen LogP contribution in [0, 0.1) is 5.41 Å². The standard InChI is InChI=1S/C11H16O5/c12-7(13)8-1-9(14)4-10(15,2-8)6-11(16,3-8)5-9/h14-16H,1-6H2,(H,12,13). The molecule has 5 heteroatoms. The van der Waals surface area contributed by atoms with Gasteiger partial charge in [0.25, 0.3) is 0 Å². The number of aliphatic carboxylic acids is 1. The molecule has 4 bridgehead atoms. The molecule has 0 radical (unpaired) electrons. The zero-order chi connectivity index (χ0) is 11.8. The molecule has 0 aromatic heterocycles. The van der Waals surface area contributed by atoms with Gasteiger partial charge in [0.05, 0.1) is 22.2 Å². The van der Waals surface area contributed by atoms with E-state index >= 15 is 0 Å². The van der Waals surface area contributed by atoms with Crippen molar-refractivity contribution in [1.29, 1.82) is 0 Å². The number of rotatable bonds is 1. The first-order valence-corrected chi connectivity index (χ1v) is 5.59. The molecule has 4 rings (SSSR count). The van der Waals surface area contributed by atoms with Crippen LogP contribution in [-0.2, 0) is 4.79 Å². The van der Waals surface area contributed by atoms with Crippen molar-refractivity contribution in [2.45, 2.75) is 55.3 Å². The van der Waals surface area contributed by atoms with Gasteiger partial charge in [0.1, 0.15) is 0 Å². The summed E-state index contributed by atoms with van der Waals surface area (Å²) < 4.78 is 0. The van der Waals surface area contributed by atoms with Gasteiger partial charge in [0.2, 0.25) is 0 Å². The summed E-state index contributed by atoms with van der Waals surface area (Å²) in [6.07, 6.45) is 1.03. The van der Waals surface area contributed by atoms with Crippen molar-refractivity contribution in [1.82, 2.24) is 0 Å². The van der Waals surface area contributed by atoms with Gasteiger partial charge in [-0.3, -0.25) is 4.79 Å². The summed E-state index contributed by atoms with van der Waals surface area (Å²) in [7, 11) is 0. The molecule has 4 aliphatic rings. The quantitative estimate of drug-likeness (QED) is 0.491. The summed E-state index contributed by atoms with van der Waals surface area (Å²) in [5.74, 6) is -1.01. The molecule has 0 aliphatic heterocycles. The monoisotopic (exact) mass is 228 g/mol. The predicted octanol–water partition coefficient (Wildman–Crippen LogP) is -0.368. The van der Waals surface area contributed by atoms with Crippen molar-refractivity contribution in [3.63, 3.8) is 0 Å². The van der Waals surface area contributed by atoms with Gasteiger partial charge >= 0.3 is 5.97 Å². The minimum absolute atomic E-state index is 0.153. The molecule has 4 fully saturated rings. The van der Waals surface area contributed by atoms with Crippen LogP contribution < -0.4 is 0 Å². The minimum atomic E-state index is -1.21. The number of carboxylic acid groups (broad SMARTS) is 1. The van der Waals surface area contributed by atoms with Crippen LogP contribution in [0.25, 0.3) is 0 Å². The van der Waals surface area contributed by atoms with Crippen LogP contribution in [-0.4, -0.2) is 43.2 Å². The summed E-state index contributed by atoms with van der Waals surface area (Å²) >= 11 is 0. The van der Waals surface area contributed by atoms with E-state index in [1.54, 1.807) is 0 Å². The maximum absolute atomic E-state index is 11.3. The second-order valence-electron chi connectivity index (χ2n) is 6.32. The Bertz CT molecular complexity index is 323. The maximum Gasteiger partial charge on any atom is 0.309 e. The highest BCUT2D eigenvalue weighted by Gasteiger charge is 2.70. The Kier molecular flexibility index (Phi) is 1.60. The minimum Gasteiger partial charge on any atom is -0.481 e. The number of carboxylic acids is 1. The second kappa shape index (κ2) is 2.44. The molecule has 0 saturated heterocycles. The molecule has 0 heterocycles. The molecule has 4 aliphatic carbocycles. The van der Waals surface area contributed by atoms with E-state index in [1.807, 2.05) is 0 Å². The first-order chi connectivity index (χ1) is 7.19. The Morgan fingerprint density at radius 3 is 1.31 bits per heavy atom. The summed E-state index contributed by atoms with van der Waals surface area (Å²) in [5.41, 5.74) is -4.78. The molecule has 5 nitrogen and oxygen atoms in total. The molecule has 0 spiro atoms. The first-order valence-electron chi connectivity index (χ1n) is 5.59. The lowest BCUT2D eigenvalue weighted by molar-refractivity contribution is -0.279. The van der Waals surface area contributed by atoms with Crippen molar-refractivity contribution < 1.29 is 25.2 Å². The zero-order valence-corrected chi connectivity index (χ0v) is 8.94. The molecule has 4 N–H and O–H groups in total. The Hall–Kier alpha value is -0.650. The Morgan fingerprint density at radius 2 is 1.06 bits per heavy atom.